The number of ether oxygens (including phenoxy) is 1. The molecule has 5 rings (SSSR count). The number of carbonyl (C=O) groups is 3. The molecule has 2 aromatic rings. The first-order valence-electron chi connectivity index (χ1n) is 11.6. The van der Waals surface area contributed by atoms with Gasteiger partial charge in [0.1, 0.15) is 12.6 Å². The fourth-order valence-corrected chi connectivity index (χ4v) is 5.95. The van der Waals surface area contributed by atoms with E-state index in [1.807, 2.05) is 30.5 Å². The lowest BCUT2D eigenvalue weighted by Gasteiger charge is -2.26. The van der Waals surface area contributed by atoms with Crippen LogP contribution in [0.4, 0.5) is 4.79 Å². The monoisotopic (exact) mass is 480 g/mol. The van der Waals surface area contributed by atoms with Crippen LogP contribution in [0.3, 0.4) is 0 Å². The van der Waals surface area contributed by atoms with E-state index in [9.17, 15) is 19.5 Å². The van der Waals surface area contributed by atoms with Gasteiger partial charge >= 0.3 is 12.1 Å². The average molecular weight is 481 g/mol. The van der Waals surface area contributed by atoms with Crippen molar-refractivity contribution in [1.29, 1.82) is 0 Å². The van der Waals surface area contributed by atoms with Gasteiger partial charge in [-0.2, -0.15) is 11.8 Å². The molecule has 34 heavy (non-hydrogen) atoms. The van der Waals surface area contributed by atoms with Gasteiger partial charge in [0.25, 0.3) is 0 Å². The lowest BCUT2D eigenvalue weighted by molar-refractivity contribution is -0.144. The van der Waals surface area contributed by atoms with E-state index in [4.69, 9.17) is 4.74 Å². The number of nitrogens with one attached hydrogen (secondary N) is 1. The Morgan fingerprint density at radius 2 is 1.79 bits per heavy atom. The number of hydrogen-bond donors (Lipinski definition) is 2. The number of hydrogen-bond acceptors (Lipinski definition) is 5. The number of thioether (sulfide) groups is 1. The minimum atomic E-state index is -0.835. The van der Waals surface area contributed by atoms with E-state index in [2.05, 4.69) is 29.6 Å². The number of carbonyl (C=O) groups excluding carboxylic acids is 2. The Morgan fingerprint density at radius 3 is 2.38 bits per heavy atom. The van der Waals surface area contributed by atoms with Gasteiger partial charge in [-0.1, -0.05) is 48.5 Å². The predicted octanol–water partition coefficient (Wildman–Crippen LogP) is 3.58. The standard InChI is InChI=1S/C26H28N2O5S/c1-34-11-10-22(23(29)28-13-16-12-26(16,15-28)24(30)31)27-25(32)33-14-21-19-8-4-2-6-17(19)18-7-3-5-9-20(18)21/h2-9,16,21-22H,10-15H2,1H3,(H,27,32)(H,30,31). The molecule has 0 aromatic heterocycles. The van der Waals surface area contributed by atoms with Crippen LogP contribution in [-0.4, -0.2) is 65.7 Å². The molecule has 1 heterocycles. The Morgan fingerprint density at radius 1 is 1.15 bits per heavy atom. The van der Waals surface area contributed by atoms with Gasteiger partial charge in [-0.15, -0.1) is 0 Å². The van der Waals surface area contributed by atoms with Gasteiger partial charge in [0.2, 0.25) is 5.91 Å². The van der Waals surface area contributed by atoms with Crippen molar-refractivity contribution in [3.8, 4) is 11.1 Å². The molecule has 1 saturated heterocycles. The van der Waals surface area contributed by atoms with Gasteiger partial charge in [0.05, 0.1) is 5.41 Å². The van der Waals surface area contributed by atoms with Crippen LogP contribution in [-0.2, 0) is 14.3 Å². The second-order valence-electron chi connectivity index (χ2n) is 9.39. The molecule has 2 fully saturated rings. The maximum atomic E-state index is 13.2. The number of aliphatic carboxylic acids is 1. The van der Waals surface area contributed by atoms with E-state index in [1.165, 1.54) is 0 Å². The topological polar surface area (TPSA) is 95.9 Å². The van der Waals surface area contributed by atoms with Crippen molar-refractivity contribution in [1.82, 2.24) is 10.2 Å². The maximum absolute atomic E-state index is 13.2. The number of carboxylic acids is 1. The first-order valence-corrected chi connectivity index (χ1v) is 13.0. The minimum absolute atomic E-state index is 0.0182. The highest BCUT2D eigenvalue weighted by molar-refractivity contribution is 7.98. The van der Waals surface area contributed by atoms with E-state index in [1.54, 1.807) is 16.7 Å². The summed E-state index contributed by atoms with van der Waals surface area (Å²) in [6, 6.07) is 15.5. The summed E-state index contributed by atoms with van der Waals surface area (Å²) in [7, 11) is 0. The zero-order valence-electron chi connectivity index (χ0n) is 19.0. The number of likely N-dealkylation sites (tertiary alicyclic amines) is 1. The van der Waals surface area contributed by atoms with Crippen molar-refractivity contribution in [3.05, 3.63) is 59.7 Å². The third-order valence-electron chi connectivity index (χ3n) is 7.43. The molecule has 7 nitrogen and oxygen atoms in total. The lowest BCUT2D eigenvalue weighted by atomic mass is 9.98. The van der Waals surface area contributed by atoms with Crippen LogP contribution in [0.5, 0.6) is 0 Å². The highest BCUT2D eigenvalue weighted by atomic mass is 32.2. The smallest absolute Gasteiger partial charge is 0.407 e. The van der Waals surface area contributed by atoms with Gasteiger partial charge in [-0.25, -0.2) is 4.79 Å². The molecule has 2 amide bonds. The van der Waals surface area contributed by atoms with Crippen molar-refractivity contribution in [2.24, 2.45) is 11.3 Å². The quantitative estimate of drug-likeness (QED) is 0.600. The molecular formula is C26H28N2O5S. The second kappa shape index (κ2) is 8.98. The van der Waals surface area contributed by atoms with E-state index in [0.717, 1.165) is 22.3 Å². The van der Waals surface area contributed by atoms with E-state index in [0.29, 0.717) is 25.1 Å². The zero-order chi connectivity index (χ0) is 23.9. The molecule has 1 aliphatic heterocycles. The minimum Gasteiger partial charge on any atom is -0.481 e. The zero-order valence-corrected chi connectivity index (χ0v) is 19.8. The Bertz CT molecular complexity index is 1090. The number of piperidine rings is 1. The summed E-state index contributed by atoms with van der Waals surface area (Å²) in [5.41, 5.74) is 3.77. The van der Waals surface area contributed by atoms with E-state index >= 15 is 0 Å². The first kappa shape index (κ1) is 22.8. The third-order valence-corrected chi connectivity index (χ3v) is 8.07. The van der Waals surface area contributed by atoms with Gasteiger partial charge in [0.15, 0.2) is 0 Å². The molecule has 3 atom stereocenters. The van der Waals surface area contributed by atoms with Crippen LogP contribution in [0, 0.1) is 11.3 Å². The largest absolute Gasteiger partial charge is 0.481 e. The van der Waals surface area contributed by atoms with Crippen LogP contribution in [0.15, 0.2) is 48.5 Å². The summed E-state index contributed by atoms with van der Waals surface area (Å²) in [6.07, 6.45) is 2.41. The van der Waals surface area contributed by atoms with Crippen LogP contribution in [0.25, 0.3) is 11.1 Å². The molecule has 3 aliphatic rings. The molecule has 0 spiro atoms. The van der Waals surface area contributed by atoms with Crippen molar-refractivity contribution in [2.75, 3.05) is 31.7 Å². The SMILES string of the molecule is CSCCC(NC(=O)OCC1c2ccccc2-c2ccccc21)C(=O)N1CC2CC2(C(=O)O)C1. The average Bonchev–Trinajstić information content (AvgIpc) is 3.27. The highest BCUT2D eigenvalue weighted by Gasteiger charge is 2.66. The van der Waals surface area contributed by atoms with Crippen molar-refractivity contribution in [2.45, 2.75) is 24.8 Å². The lowest BCUT2D eigenvalue weighted by Crippen LogP contribution is -2.49. The number of carboxylic acid groups (broad SMARTS) is 1. The summed E-state index contributed by atoms with van der Waals surface area (Å²) >= 11 is 1.59. The number of amides is 2. The second-order valence-corrected chi connectivity index (χ2v) is 10.4. The summed E-state index contributed by atoms with van der Waals surface area (Å²) in [5.74, 6) is -0.404. The summed E-state index contributed by atoms with van der Waals surface area (Å²) < 4.78 is 5.63. The van der Waals surface area contributed by atoms with Crippen LogP contribution in [0.2, 0.25) is 0 Å². The molecule has 3 unspecified atom stereocenters. The van der Waals surface area contributed by atoms with Crippen molar-refractivity contribution >= 4 is 29.7 Å². The van der Waals surface area contributed by atoms with Crippen LogP contribution < -0.4 is 5.32 Å². The van der Waals surface area contributed by atoms with Gasteiger partial charge in [0, 0.05) is 19.0 Å². The number of benzene rings is 2. The molecule has 0 bridgehead atoms. The van der Waals surface area contributed by atoms with E-state index < -0.39 is 23.5 Å². The van der Waals surface area contributed by atoms with Gasteiger partial charge in [-0.05, 0) is 53.0 Å². The number of fused-ring (bicyclic) bond motifs is 4. The van der Waals surface area contributed by atoms with Crippen molar-refractivity contribution in [3.63, 3.8) is 0 Å². The van der Waals surface area contributed by atoms with Gasteiger partial charge < -0.3 is 20.1 Å². The number of alkyl carbamates (subject to hydrolysis) is 1. The molecule has 1 saturated carbocycles. The molecular weight excluding hydrogens is 452 g/mol. The van der Waals surface area contributed by atoms with Crippen molar-refractivity contribution < 1.29 is 24.2 Å². The Hall–Kier alpha value is -3.00. The molecule has 2 aliphatic carbocycles. The predicted molar refractivity (Wildman–Crippen MR) is 130 cm³/mol. The van der Waals surface area contributed by atoms with Crippen LogP contribution in [0.1, 0.15) is 29.9 Å². The first-order chi connectivity index (χ1) is 16.4. The molecule has 8 heteroatoms. The highest BCUT2D eigenvalue weighted by Crippen LogP contribution is 2.58. The maximum Gasteiger partial charge on any atom is 0.407 e. The fourth-order valence-electron chi connectivity index (χ4n) is 5.48. The molecule has 178 valence electrons. The molecule has 0 radical (unpaired) electrons. The van der Waals surface area contributed by atoms with E-state index in [-0.39, 0.29) is 30.9 Å². The Labute approximate surface area is 202 Å². The number of rotatable bonds is 8. The third kappa shape index (κ3) is 3.94. The Balaban J connectivity index is 1.23. The summed E-state index contributed by atoms with van der Waals surface area (Å²) in [4.78, 5) is 39.1. The Kier molecular flexibility index (Phi) is 6.02. The fraction of sp³-hybridized carbons (Fsp3) is 0.423. The number of nitrogens with zero attached hydrogens (tertiary/aromatic N) is 1. The van der Waals surface area contributed by atoms with Crippen LogP contribution >= 0.6 is 11.8 Å². The summed E-state index contributed by atoms with van der Waals surface area (Å²) in [6.45, 7) is 0.832. The normalized spacial score (nSPS) is 23.0. The summed E-state index contributed by atoms with van der Waals surface area (Å²) in [5, 5.41) is 12.3. The molecule has 2 aromatic carbocycles. The molecule has 2 N–H and O–H groups in total. The van der Waals surface area contributed by atoms with Gasteiger partial charge in [-0.3, -0.25) is 9.59 Å².